The first kappa shape index (κ1) is 24.3. The normalized spacial score (nSPS) is 11.3. The highest BCUT2D eigenvalue weighted by Crippen LogP contribution is 2.24. The topological polar surface area (TPSA) is 72.9 Å². The lowest BCUT2D eigenvalue weighted by atomic mass is 10.1. The molecule has 0 aromatic heterocycles. The molecule has 0 atom stereocenters. The number of methoxy groups -OCH3 is 1. The Labute approximate surface area is 193 Å². The molecule has 33 heavy (non-hydrogen) atoms. The minimum Gasteiger partial charge on any atom is -0.496 e. The Morgan fingerprint density at radius 1 is 1.00 bits per heavy atom. The maximum atomic E-state index is 13.3. The number of benzene rings is 3. The van der Waals surface area contributed by atoms with E-state index in [1.807, 2.05) is 13.8 Å². The molecule has 0 bridgehead atoms. The van der Waals surface area contributed by atoms with Gasteiger partial charge in [-0.2, -0.15) is 8.42 Å². The predicted octanol–water partition coefficient (Wildman–Crippen LogP) is 4.90. The zero-order valence-corrected chi connectivity index (χ0v) is 19.5. The van der Waals surface area contributed by atoms with Gasteiger partial charge in [0, 0.05) is 13.1 Å². The SMILES string of the molecule is COc1ccccc1C(=O)N(Cc1cccc(OS(=O)(=O)c2ccc(F)cc2)c1)CC(C)C. The van der Waals surface area contributed by atoms with Gasteiger partial charge in [-0.05, 0) is 60.0 Å². The molecule has 3 aromatic carbocycles. The number of rotatable bonds is 9. The predicted molar refractivity (Wildman–Crippen MR) is 123 cm³/mol. The maximum absolute atomic E-state index is 13.3. The second kappa shape index (κ2) is 10.5. The summed E-state index contributed by atoms with van der Waals surface area (Å²) in [6, 6.07) is 18.0. The molecule has 1 amide bonds. The van der Waals surface area contributed by atoms with E-state index in [1.54, 1.807) is 47.4 Å². The Hall–Kier alpha value is -3.39. The molecule has 0 radical (unpaired) electrons. The van der Waals surface area contributed by atoms with Gasteiger partial charge in [0.05, 0.1) is 12.7 Å². The molecule has 8 heteroatoms. The summed E-state index contributed by atoms with van der Waals surface area (Å²) in [5, 5.41) is 0. The molecule has 0 unspecified atom stereocenters. The monoisotopic (exact) mass is 471 g/mol. The fourth-order valence-corrected chi connectivity index (χ4v) is 4.27. The van der Waals surface area contributed by atoms with E-state index in [0.29, 0.717) is 23.4 Å². The summed E-state index contributed by atoms with van der Waals surface area (Å²) < 4.78 is 48.8. The first-order valence-corrected chi connectivity index (χ1v) is 11.8. The Bertz CT molecular complexity index is 1210. The number of amides is 1. The highest BCUT2D eigenvalue weighted by atomic mass is 32.2. The van der Waals surface area contributed by atoms with Gasteiger partial charge in [0.1, 0.15) is 22.2 Å². The van der Waals surface area contributed by atoms with Gasteiger partial charge in [-0.1, -0.05) is 38.1 Å². The van der Waals surface area contributed by atoms with Crippen molar-refractivity contribution < 1.29 is 26.5 Å². The van der Waals surface area contributed by atoms with E-state index in [4.69, 9.17) is 8.92 Å². The zero-order chi connectivity index (χ0) is 24.0. The van der Waals surface area contributed by atoms with Crippen LogP contribution in [0.15, 0.2) is 77.7 Å². The number of hydrogen-bond donors (Lipinski definition) is 0. The van der Waals surface area contributed by atoms with Gasteiger partial charge < -0.3 is 13.8 Å². The van der Waals surface area contributed by atoms with Gasteiger partial charge in [-0.3, -0.25) is 4.79 Å². The van der Waals surface area contributed by atoms with Crippen LogP contribution in [0.1, 0.15) is 29.8 Å². The van der Waals surface area contributed by atoms with Crippen LogP contribution >= 0.6 is 0 Å². The number of para-hydroxylation sites is 1. The fraction of sp³-hybridized carbons (Fsp3) is 0.240. The largest absolute Gasteiger partial charge is 0.496 e. The molecule has 3 aromatic rings. The van der Waals surface area contributed by atoms with Crippen LogP contribution in [0.5, 0.6) is 11.5 Å². The van der Waals surface area contributed by atoms with Crippen molar-refractivity contribution in [3.8, 4) is 11.5 Å². The van der Waals surface area contributed by atoms with Crippen molar-refractivity contribution in [2.75, 3.05) is 13.7 Å². The van der Waals surface area contributed by atoms with E-state index in [-0.39, 0.29) is 29.0 Å². The van der Waals surface area contributed by atoms with Crippen molar-refractivity contribution >= 4 is 16.0 Å². The van der Waals surface area contributed by atoms with E-state index >= 15 is 0 Å². The smallest absolute Gasteiger partial charge is 0.339 e. The molecule has 0 N–H and O–H groups in total. The molecule has 3 rings (SSSR count). The molecule has 6 nitrogen and oxygen atoms in total. The van der Waals surface area contributed by atoms with Crippen molar-refractivity contribution in [3.63, 3.8) is 0 Å². The van der Waals surface area contributed by atoms with Crippen LogP contribution in [0.2, 0.25) is 0 Å². The molecule has 0 aliphatic heterocycles. The van der Waals surface area contributed by atoms with E-state index in [0.717, 1.165) is 24.3 Å². The Morgan fingerprint density at radius 3 is 2.36 bits per heavy atom. The van der Waals surface area contributed by atoms with Crippen molar-refractivity contribution in [2.24, 2.45) is 5.92 Å². The summed E-state index contributed by atoms with van der Waals surface area (Å²) in [6.45, 7) is 4.77. The Kier molecular flexibility index (Phi) is 7.71. The van der Waals surface area contributed by atoms with Gasteiger partial charge in [-0.25, -0.2) is 4.39 Å². The Balaban J connectivity index is 1.84. The van der Waals surface area contributed by atoms with Crippen LogP contribution in [0.4, 0.5) is 4.39 Å². The highest BCUT2D eigenvalue weighted by molar-refractivity contribution is 7.87. The van der Waals surface area contributed by atoms with Gasteiger partial charge >= 0.3 is 10.1 Å². The number of hydrogen-bond acceptors (Lipinski definition) is 5. The molecular weight excluding hydrogens is 445 g/mol. The maximum Gasteiger partial charge on any atom is 0.339 e. The molecule has 174 valence electrons. The van der Waals surface area contributed by atoms with Gasteiger partial charge in [0.2, 0.25) is 0 Å². The second-order valence-electron chi connectivity index (χ2n) is 7.92. The summed E-state index contributed by atoms with van der Waals surface area (Å²) >= 11 is 0. The first-order valence-electron chi connectivity index (χ1n) is 10.4. The van der Waals surface area contributed by atoms with Gasteiger partial charge in [0.15, 0.2) is 0 Å². The summed E-state index contributed by atoms with van der Waals surface area (Å²) in [6.07, 6.45) is 0. The average Bonchev–Trinajstić information content (AvgIpc) is 2.78. The molecule has 0 spiro atoms. The van der Waals surface area contributed by atoms with Crippen LogP contribution < -0.4 is 8.92 Å². The Morgan fingerprint density at radius 2 is 1.70 bits per heavy atom. The number of halogens is 1. The van der Waals surface area contributed by atoms with Crippen molar-refractivity contribution in [1.82, 2.24) is 4.90 Å². The van der Waals surface area contributed by atoms with Gasteiger partial charge in [-0.15, -0.1) is 0 Å². The fourth-order valence-electron chi connectivity index (χ4n) is 3.34. The quantitative estimate of drug-likeness (QED) is 0.415. The van der Waals surface area contributed by atoms with E-state index in [2.05, 4.69) is 0 Å². The summed E-state index contributed by atoms with van der Waals surface area (Å²) in [4.78, 5) is 14.8. The highest BCUT2D eigenvalue weighted by Gasteiger charge is 2.21. The number of carbonyl (C=O) groups is 1. The van der Waals surface area contributed by atoms with Crippen molar-refractivity contribution in [2.45, 2.75) is 25.3 Å². The third-order valence-electron chi connectivity index (χ3n) is 4.79. The van der Waals surface area contributed by atoms with Crippen LogP contribution in [-0.4, -0.2) is 32.9 Å². The molecule has 0 aliphatic carbocycles. The number of nitrogens with zero attached hydrogens (tertiary/aromatic N) is 1. The summed E-state index contributed by atoms with van der Waals surface area (Å²) in [7, 11) is -2.61. The molecule has 0 heterocycles. The number of carbonyl (C=O) groups excluding carboxylic acids is 1. The summed E-state index contributed by atoms with van der Waals surface area (Å²) in [5.41, 5.74) is 1.15. The third-order valence-corrected chi connectivity index (χ3v) is 6.05. The van der Waals surface area contributed by atoms with E-state index < -0.39 is 15.9 Å². The first-order chi connectivity index (χ1) is 15.7. The van der Waals surface area contributed by atoms with Crippen LogP contribution in [0.25, 0.3) is 0 Å². The second-order valence-corrected chi connectivity index (χ2v) is 9.46. The zero-order valence-electron chi connectivity index (χ0n) is 18.7. The van der Waals surface area contributed by atoms with Crippen LogP contribution in [0, 0.1) is 11.7 Å². The lowest BCUT2D eigenvalue weighted by molar-refractivity contribution is 0.0719. The molecule has 0 aliphatic rings. The lowest BCUT2D eigenvalue weighted by Gasteiger charge is -2.25. The molecule has 0 fully saturated rings. The standard InChI is InChI=1S/C25H26FNO5S/c1-18(2)16-27(25(28)23-9-4-5-10-24(23)31-3)17-19-7-6-8-21(15-19)32-33(29,30)22-13-11-20(26)12-14-22/h4-15,18H,16-17H2,1-3H3. The van der Waals surface area contributed by atoms with Crippen LogP contribution in [0.3, 0.4) is 0 Å². The minimum atomic E-state index is -4.13. The van der Waals surface area contributed by atoms with E-state index in [1.165, 1.54) is 13.2 Å². The van der Waals surface area contributed by atoms with Crippen molar-refractivity contribution in [1.29, 1.82) is 0 Å². The average molecular weight is 472 g/mol. The van der Waals surface area contributed by atoms with E-state index in [9.17, 15) is 17.6 Å². The third kappa shape index (κ3) is 6.32. The summed E-state index contributed by atoms with van der Waals surface area (Å²) in [5.74, 6) is 0.0686. The minimum absolute atomic E-state index is 0.103. The molecule has 0 saturated heterocycles. The van der Waals surface area contributed by atoms with Gasteiger partial charge in [0.25, 0.3) is 5.91 Å². The molecular formula is C25H26FNO5S. The lowest BCUT2D eigenvalue weighted by Crippen LogP contribution is -2.34. The van der Waals surface area contributed by atoms with Crippen molar-refractivity contribution in [3.05, 3.63) is 89.7 Å². The molecule has 0 saturated carbocycles. The number of ether oxygens (including phenoxy) is 1. The van der Waals surface area contributed by atoms with Crippen LogP contribution in [-0.2, 0) is 16.7 Å².